The van der Waals surface area contributed by atoms with Crippen LogP contribution in [-0.2, 0) is 4.79 Å². The molecule has 1 aliphatic rings. The molecule has 2 N–H and O–H groups in total. The van der Waals surface area contributed by atoms with Crippen molar-refractivity contribution in [3.63, 3.8) is 0 Å². The van der Waals surface area contributed by atoms with Crippen molar-refractivity contribution in [2.75, 3.05) is 12.4 Å². The van der Waals surface area contributed by atoms with Crippen LogP contribution >= 0.6 is 11.3 Å². The number of rotatable bonds is 6. The maximum absolute atomic E-state index is 12.0. The Hall–Kier alpha value is -3.98. The summed E-state index contributed by atoms with van der Waals surface area (Å²) in [6.45, 7) is 7.73. The van der Waals surface area contributed by atoms with Gasteiger partial charge in [0.2, 0.25) is 0 Å². The minimum Gasteiger partial charge on any atom is -0.497 e. The lowest BCUT2D eigenvalue weighted by molar-refractivity contribution is -0.141. The summed E-state index contributed by atoms with van der Waals surface area (Å²) in [4.78, 5) is 18.3. The molecule has 5 rings (SSSR count). The van der Waals surface area contributed by atoms with E-state index in [0.717, 1.165) is 44.5 Å². The van der Waals surface area contributed by atoms with Gasteiger partial charge in [0, 0.05) is 27.4 Å². The van der Waals surface area contributed by atoms with E-state index in [4.69, 9.17) is 9.73 Å². The molecular weight excluding hydrogens is 474 g/mol. The van der Waals surface area contributed by atoms with Crippen molar-refractivity contribution in [2.24, 2.45) is 10.9 Å². The number of aryl methyl sites for hydroxylation is 2. The van der Waals surface area contributed by atoms with Crippen LogP contribution in [0.5, 0.6) is 5.75 Å². The fraction of sp³-hybridized carbons (Fsp3) is 0.259. The first-order valence-corrected chi connectivity index (χ1v) is 12.4. The average molecular weight is 502 g/mol. The molecular formula is C27H27N5O3S. The molecule has 4 aromatic rings. The van der Waals surface area contributed by atoms with Crippen LogP contribution in [0.1, 0.15) is 46.2 Å². The van der Waals surface area contributed by atoms with Gasteiger partial charge in [-0.1, -0.05) is 12.1 Å². The number of aromatic nitrogens is 3. The predicted molar refractivity (Wildman–Crippen MR) is 141 cm³/mol. The molecule has 0 amide bonds. The molecule has 2 aromatic carbocycles. The minimum atomic E-state index is -0.924. The fourth-order valence-corrected chi connectivity index (χ4v) is 5.58. The number of aliphatic imine (C=N–C) groups is 1. The number of nitrogens with one attached hydrogen (secondary N) is 1. The summed E-state index contributed by atoms with van der Waals surface area (Å²) in [5.41, 5.74) is 5.68. The van der Waals surface area contributed by atoms with Gasteiger partial charge in [-0.25, -0.2) is 0 Å². The van der Waals surface area contributed by atoms with Crippen molar-refractivity contribution in [3.05, 3.63) is 81.7 Å². The summed E-state index contributed by atoms with van der Waals surface area (Å²) in [6, 6.07) is 15.1. The third kappa shape index (κ3) is 4.05. The number of ether oxygens (including phenoxy) is 1. The third-order valence-electron chi connectivity index (χ3n) is 6.59. The zero-order valence-corrected chi connectivity index (χ0v) is 21.6. The molecule has 0 aliphatic carbocycles. The topological polar surface area (TPSA) is 102 Å². The zero-order chi connectivity index (χ0) is 25.6. The van der Waals surface area contributed by atoms with Gasteiger partial charge >= 0.3 is 5.97 Å². The minimum absolute atomic E-state index is 0.553. The molecule has 36 heavy (non-hydrogen) atoms. The first kappa shape index (κ1) is 23.7. The van der Waals surface area contributed by atoms with Crippen molar-refractivity contribution in [1.29, 1.82) is 0 Å². The van der Waals surface area contributed by atoms with Crippen LogP contribution in [0.2, 0.25) is 0 Å². The predicted octanol–water partition coefficient (Wildman–Crippen LogP) is 5.62. The van der Waals surface area contributed by atoms with Crippen LogP contribution < -0.4 is 10.1 Å². The van der Waals surface area contributed by atoms with Gasteiger partial charge in [0.1, 0.15) is 22.6 Å². The van der Waals surface area contributed by atoms with Crippen molar-refractivity contribution in [3.8, 4) is 10.8 Å². The first-order valence-electron chi connectivity index (χ1n) is 11.6. The number of thiophene rings is 1. The molecule has 1 unspecified atom stereocenters. The van der Waals surface area contributed by atoms with E-state index in [2.05, 4.69) is 29.4 Å². The van der Waals surface area contributed by atoms with E-state index in [1.165, 1.54) is 4.88 Å². The SMILES string of the molecule is COc1ccc(Nc2ccc(C3=N[C@@H](C(C)C(=O)O)c4nnc(C)n4-c4sc(C)c(C)c43)cc2)cc1. The van der Waals surface area contributed by atoms with E-state index in [1.54, 1.807) is 25.4 Å². The standard InChI is InChI=1S/C27H27N5O3S/c1-14-16(3)36-26-22(14)24(29-23(15(2)27(33)34)25-31-30-17(4)32(25)26)18-6-8-19(9-7-18)28-20-10-12-21(35-5)13-11-20/h6-13,15,23,28H,1-5H3,(H,33,34)/t15?,23-/m0/s1. The molecule has 3 heterocycles. The molecule has 8 nitrogen and oxygen atoms in total. The molecule has 2 aromatic heterocycles. The lowest BCUT2D eigenvalue weighted by Crippen LogP contribution is -2.21. The maximum atomic E-state index is 12.0. The summed E-state index contributed by atoms with van der Waals surface area (Å²) in [5, 5.41) is 22.9. The molecule has 0 radical (unpaired) electrons. The van der Waals surface area contributed by atoms with Crippen LogP contribution in [0.4, 0.5) is 11.4 Å². The van der Waals surface area contributed by atoms with Gasteiger partial charge in [0.05, 0.1) is 18.7 Å². The number of carbonyl (C=O) groups is 1. The van der Waals surface area contributed by atoms with Crippen molar-refractivity contribution >= 4 is 34.4 Å². The number of benzene rings is 2. The number of methoxy groups -OCH3 is 1. The van der Waals surface area contributed by atoms with Crippen molar-refractivity contribution < 1.29 is 14.6 Å². The highest BCUT2D eigenvalue weighted by Gasteiger charge is 2.36. The second-order valence-electron chi connectivity index (χ2n) is 8.88. The highest BCUT2D eigenvalue weighted by Crippen LogP contribution is 2.40. The molecule has 1 aliphatic heterocycles. The average Bonchev–Trinajstić information content (AvgIpc) is 3.34. The number of hydrogen-bond donors (Lipinski definition) is 2. The van der Waals surface area contributed by atoms with E-state index in [-0.39, 0.29) is 0 Å². The van der Waals surface area contributed by atoms with Crippen LogP contribution in [0, 0.1) is 26.7 Å². The summed E-state index contributed by atoms with van der Waals surface area (Å²) < 4.78 is 7.20. The highest BCUT2D eigenvalue weighted by molar-refractivity contribution is 7.15. The van der Waals surface area contributed by atoms with Gasteiger partial charge in [-0.15, -0.1) is 21.5 Å². The second kappa shape index (κ2) is 9.23. The Bertz CT molecular complexity index is 1470. The Kier molecular flexibility index (Phi) is 6.09. The molecule has 0 fully saturated rings. The first-order chi connectivity index (χ1) is 17.3. The van der Waals surface area contributed by atoms with Gasteiger partial charge in [0.15, 0.2) is 5.82 Å². The summed E-state index contributed by atoms with van der Waals surface area (Å²) >= 11 is 1.65. The zero-order valence-electron chi connectivity index (χ0n) is 20.7. The van der Waals surface area contributed by atoms with E-state index < -0.39 is 17.9 Å². The Labute approximate surface area is 213 Å². The van der Waals surface area contributed by atoms with Crippen LogP contribution in [0.15, 0.2) is 53.5 Å². The molecule has 9 heteroatoms. The number of hydrogen-bond acceptors (Lipinski definition) is 7. The van der Waals surface area contributed by atoms with Gasteiger partial charge < -0.3 is 15.2 Å². The Balaban J connectivity index is 1.59. The van der Waals surface area contributed by atoms with Crippen LogP contribution in [0.25, 0.3) is 5.00 Å². The number of fused-ring (bicyclic) bond motifs is 3. The van der Waals surface area contributed by atoms with Gasteiger partial charge in [0.25, 0.3) is 0 Å². The Morgan fingerprint density at radius 3 is 2.31 bits per heavy atom. The van der Waals surface area contributed by atoms with Gasteiger partial charge in [-0.3, -0.25) is 14.4 Å². The second-order valence-corrected chi connectivity index (χ2v) is 10.1. The maximum Gasteiger partial charge on any atom is 0.308 e. The molecule has 184 valence electrons. The van der Waals surface area contributed by atoms with Crippen molar-refractivity contribution in [2.45, 2.75) is 33.7 Å². The number of carboxylic acids is 1. The van der Waals surface area contributed by atoms with Crippen LogP contribution in [0.3, 0.4) is 0 Å². The number of anilines is 2. The quantitative estimate of drug-likeness (QED) is 0.356. The van der Waals surface area contributed by atoms with E-state index >= 15 is 0 Å². The molecule has 0 bridgehead atoms. The summed E-state index contributed by atoms with van der Waals surface area (Å²) in [7, 11) is 1.64. The van der Waals surface area contributed by atoms with E-state index in [9.17, 15) is 9.90 Å². The number of carboxylic acid groups (broad SMARTS) is 1. The summed E-state index contributed by atoms with van der Waals surface area (Å²) in [5.74, 6) is 0.375. The lowest BCUT2D eigenvalue weighted by atomic mass is 9.98. The normalized spacial score (nSPS) is 15.4. The lowest BCUT2D eigenvalue weighted by Gasteiger charge is -2.16. The molecule has 0 saturated heterocycles. The smallest absolute Gasteiger partial charge is 0.308 e. The third-order valence-corrected chi connectivity index (χ3v) is 7.78. The van der Waals surface area contributed by atoms with E-state index in [1.807, 2.05) is 60.0 Å². The van der Waals surface area contributed by atoms with E-state index in [0.29, 0.717) is 11.6 Å². The Morgan fingerprint density at radius 1 is 1.06 bits per heavy atom. The van der Waals surface area contributed by atoms with Gasteiger partial charge in [-0.05, 0) is 69.7 Å². The monoisotopic (exact) mass is 501 g/mol. The van der Waals surface area contributed by atoms with Crippen LogP contribution in [-0.4, -0.2) is 38.7 Å². The molecule has 0 saturated carbocycles. The summed E-state index contributed by atoms with van der Waals surface area (Å²) in [6.07, 6.45) is 0. The largest absolute Gasteiger partial charge is 0.497 e. The van der Waals surface area contributed by atoms with Crippen molar-refractivity contribution in [1.82, 2.24) is 14.8 Å². The number of nitrogens with zero attached hydrogens (tertiary/aromatic N) is 4. The van der Waals surface area contributed by atoms with Gasteiger partial charge in [-0.2, -0.15) is 0 Å². The molecule has 2 atom stereocenters. The Morgan fingerprint density at radius 2 is 1.69 bits per heavy atom. The molecule has 0 spiro atoms. The highest BCUT2D eigenvalue weighted by atomic mass is 32.1. The fourth-order valence-electron chi connectivity index (χ4n) is 4.37. The number of aliphatic carboxylic acids is 1.